The van der Waals surface area contributed by atoms with E-state index in [2.05, 4.69) is 48.4 Å². The van der Waals surface area contributed by atoms with Crippen LogP contribution in [0.4, 0.5) is 5.69 Å². The van der Waals surface area contributed by atoms with E-state index in [1.165, 1.54) is 5.56 Å². The molecule has 2 nitrogen and oxygen atoms in total. The summed E-state index contributed by atoms with van der Waals surface area (Å²) in [5, 5.41) is 6.54. The van der Waals surface area contributed by atoms with Gasteiger partial charge in [-0.25, -0.2) is 4.98 Å². The smallest absolute Gasteiger partial charge is 0.115 e. The van der Waals surface area contributed by atoms with Gasteiger partial charge in [0.1, 0.15) is 5.01 Å². The summed E-state index contributed by atoms with van der Waals surface area (Å²) in [5.74, 6) is 0. The molecule has 0 saturated carbocycles. The molecule has 0 spiro atoms. The Balaban J connectivity index is 2.06. The number of rotatable bonds is 3. The third kappa shape index (κ3) is 2.57. The third-order valence-corrected chi connectivity index (χ3v) is 3.21. The number of hydrogen-bond acceptors (Lipinski definition) is 3. The average molecular weight is 218 g/mol. The summed E-state index contributed by atoms with van der Waals surface area (Å²) < 4.78 is 0. The van der Waals surface area contributed by atoms with Gasteiger partial charge in [0.05, 0.1) is 6.04 Å². The number of aryl methyl sites for hydroxylation is 1. The molecule has 1 aromatic heterocycles. The number of hydrogen-bond donors (Lipinski definition) is 1. The second kappa shape index (κ2) is 4.45. The summed E-state index contributed by atoms with van der Waals surface area (Å²) in [4.78, 5) is 4.29. The zero-order valence-electron chi connectivity index (χ0n) is 8.90. The Bertz CT molecular complexity index is 406. The molecule has 0 aliphatic rings. The largest absolute Gasteiger partial charge is 0.376 e. The first kappa shape index (κ1) is 10.2. The number of nitrogens with zero attached hydrogens (tertiary/aromatic N) is 1. The van der Waals surface area contributed by atoms with Crippen molar-refractivity contribution in [3.63, 3.8) is 0 Å². The molecule has 1 aromatic carbocycles. The van der Waals surface area contributed by atoms with E-state index >= 15 is 0 Å². The summed E-state index contributed by atoms with van der Waals surface area (Å²) >= 11 is 1.68. The fourth-order valence-corrected chi connectivity index (χ4v) is 2.06. The van der Waals surface area contributed by atoms with Crippen molar-refractivity contribution < 1.29 is 0 Å². The molecule has 0 radical (unpaired) electrons. The fourth-order valence-electron chi connectivity index (χ4n) is 1.41. The topological polar surface area (TPSA) is 24.9 Å². The zero-order valence-corrected chi connectivity index (χ0v) is 9.71. The Kier molecular flexibility index (Phi) is 3.02. The van der Waals surface area contributed by atoms with E-state index in [0.717, 1.165) is 10.7 Å². The lowest BCUT2D eigenvalue weighted by Crippen LogP contribution is -2.05. The Morgan fingerprint density at radius 1 is 1.27 bits per heavy atom. The number of thiazole rings is 1. The maximum absolute atomic E-state index is 4.29. The van der Waals surface area contributed by atoms with E-state index in [0.29, 0.717) is 0 Å². The van der Waals surface area contributed by atoms with Crippen molar-refractivity contribution in [2.45, 2.75) is 19.9 Å². The minimum absolute atomic E-state index is 0.271. The van der Waals surface area contributed by atoms with Gasteiger partial charge in [0.25, 0.3) is 0 Å². The lowest BCUT2D eigenvalue weighted by molar-refractivity contribution is 0.870. The van der Waals surface area contributed by atoms with Crippen LogP contribution in [-0.4, -0.2) is 4.98 Å². The summed E-state index contributed by atoms with van der Waals surface area (Å²) in [6.07, 6.45) is 1.84. The molecule has 1 heterocycles. The molecule has 1 N–H and O–H groups in total. The number of anilines is 1. The highest BCUT2D eigenvalue weighted by molar-refractivity contribution is 7.09. The van der Waals surface area contributed by atoms with E-state index < -0.39 is 0 Å². The summed E-state index contributed by atoms with van der Waals surface area (Å²) in [7, 11) is 0. The first-order valence-electron chi connectivity index (χ1n) is 4.98. The Morgan fingerprint density at radius 3 is 2.60 bits per heavy atom. The number of aromatic nitrogens is 1. The average Bonchev–Trinajstić information content (AvgIpc) is 2.74. The van der Waals surface area contributed by atoms with Crippen molar-refractivity contribution in [2.24, 2.45) is 0 Å². The highest BCUT2D eigenvalue weighted by atomic mass is 32.1. The molecule has 1 unspecified atom stereocenters. The Hall–Kier alpha value is -1.35. The minimum Gasteiger partial charge on any atom is -0.376 e. The molecule has 0 aliphatic carbocycles. The molecule has 15 heavy (non-hydrogen) atoms. The van der Waals surface area contributed by atoms with Gasteiger partial charge in [-0.15, -0.1) is 11.3 Å². The lowest BCUT2D eigenvalue weighted by Gasteiger charge is -2.12. The molecule has 78 valence electrons. The predicted octanol–water partition coefficient (Wildman–Crippen LogP) is 3.62. The van der Waals surface area contributed by atoms with Crippen molar-refractivity contribution in [3.05, 3.63) is 46.4 Å². The van der Waals surface area contributed by atoms with Crippen LogP contribution >= 0.6 is 11.3 Å². The van der Waals surface area contributed by atoms with Crippen molar-refractivity contribution in [3.8, 4) is 0 Å². The second-order valence-corrected chi connectivity index (χ2v) is 4.53. The van der Waals surface area contributed by atoms with Crippen LogP contribution in [0.1, 0.15) is 23.5 Å². The van der Waals surface area contributed by atoms with E-state index in [1.807, 2.05) is 11.6 Å². The number of nitrogens with one attached hydrogen (secondary N) is 1. The molecule has 0 bridgehead atoms. The molecule has 2 aromatic rings. The quantitative estimate of drug-likeness (QED) is 0.851. The van der Waals surface area contributed by atoms with Crippen molar-refractivity contribution in [1.29, 1.82) is 0 Å². The molecule has 2 rings (SSSR count). The van der Waals surface area contributed by atoms with Gasteiger partial charge >= 0.3 is 0 Å². The first-order chi connectivity index (χ1) is 7.25. The lowest BCUT2D eigenvalue weighted by atomic mass is 10.2. The Labute approximate surface area is 94.0 Å². The predicted molar refractivity (Wildman–Crippen MR) is 65.3 cm³/mol. The SMILES string of the molecule is Cc1ccc(NC(C)c2nccs2)cc1. The van der Waals surface area contributed by atoms with Crippen LogP contribution in [0.3, 0.4) is 0 Å². The molecule has 0 fully saturated rings. The van der Waals surface area contributed by atoms with Gasteiger partial charge in [0, 0.05) is 17.3 Å². The molecule has 0 saturated heterocycles. The third-order valence-electron chi connectivity index (χ3n) is 2.26. The molecule has 1 atom stereocenters. The molecule has 3 heteroatoms. The van der Waals surface area contributed by atoms with Gasteiger partial charge in [0.2, 0.25) is 0 Å². The van der Waals surface area contributed by atoms with Crippen LogP contribution < -0.4 is 5.32 Å². The molecule has 0 amide bonds. The number of benzene rings is 1. The van der Waals surface area contributed by atoms with Gasteiger partial charge in [-0.1, -0.05) is 17.7 Å². The van der Waals surface area contributed by atoms with Gasteiger partial charge in [0.15, 0.2) is 0 Å². The highest BCUT2D eigenvalue weighted by Crippen LogP contribution is 2.20. The van der Waals surface area contributed by atoms with Crippen LogP contribution in [0.2, 0.25) is 0 Å². The van der Waals surface area contributed by atoms with E-state index in [1.54, 1.807) is 11.3 Å². The molecule has 0 aliphatic heterocycles. The van der Waals surface area contributed by atoms with Gasteiger partial charge in [-0.3, -0.25) is 0 Å². The molecular formula is C12H14N2S. The van der Waals surface area contributed by atoms with Gasteiger partial charge < -0.3 is 5.32 Å². The van der Waals surface area contributed by atoms with Crippen LogP contribution in [0.15, 0.2) is 35.8 Å². The monoisotopic (exact) mass is 218 g/mol. The standard InChI is InChI=1S/C12H14N2S/c1-9-3-5-11(6-4-9)14-10(2)12-13-7-8-15-12/h3-8,10,14H,1-2H3. The van der Waals surface area contributed by atoms with Crippen molar-refractivity contribution in [2.75, 3.05) is 5.32 Å². The van der Waals surface area contributed by atoms with E-state index in [9.17, 15) is 0 Å². The molecular weight excluding hydrogens is 204 g/mol. The zero-order chi connectivity index (χ0) is 10.7. The Morgan fingerprint density at radius 2 is 2.00 bits per heavy atom. The van der Waals surface area contributed by atoms with Crippen LogP contribution in [-0.2, 0) is 0 Å². The van der Waals surface area contributed by atoms with Gasteiger partial charge in [-0.05, 0) is 26.0 Å². The minimum atomic E-state index is 0.271. The maximum Gasteiger partial charge on any atom is 0.115 e. The van der Waals surface area contributed by atoms with Crippen LogP contribution in [0.5, 0.6) is 0 Å². The maximum atomic E-state index is 4.29. The van der Waals surface area contributed by atoms with Crippen molar-refractivity contribution in [1.82, 2.24) is 4.98 Å². The second-order valence-electron chi connectivity index (χ2n) is 3.60. The van der Waals surface area contributed by atoms with Crippen LogP contribution in [0, 0.1) is 6.92 Å². The van der Waals surface area contributed by atoms with Crippen molar-refractivity contribution >= 4 is 17.0 Å². The van der Waals surface area contributed by atoms with Crippen LogP contribution in [0.25, 0.3) is 0 Å². The summed E-state index contributed by atoms with van der Waals surface area (Å²) in [5.41, 5.74) is 2.42. The first-order valence-corrected chi connectivity index (χ1v) is 5.86. The highest BCUT2D eigenvalue weighted by Gasteiger charge is 2.06. The van der Waals surface area contributed by atoms with E-state index in [-0.39, 0.29) is 6.04 Å². The summed E-state index contributed by atoms with van der Waals surface area (Å²) in [6.45, 7) is 4.22. The summed E-state index contributed by atoms with van der Waals surface area (Å²) in [6, 6.07) is 8.68. The van der Waals surface area contributed by atoms with Gasteiger partial charge in [-0.2, -0.15) is 0 Å². The normalized spacial score (nSPS) is 12.4. The fraction of sp³-hybridized carbons (Fsp3) is 0.250. The van der Waals surface area contributed by atoms with E-state index in [4.69, 9.17) is 0 Å².